The molecule has 1 unspecified atom stereocenters. The molecular weight excluding hydrogens is 364 g/mol. The summed E-state index contributed by atoms with van der Waals surface area (Å²) >= 11 is 0. The molecule has 0 bridgehead atoms. The van der Waals surface area contributed by atoms with E-state index in [-0.39, 0.29) is 5.91 Å². The van der Waals surface area contributed by atoms with Gasteiger partial charge in [-0.2, -0.15) is 0 Å². The summed E-state index contributed by atoms with van der Waals surface area (Å²) in [7, 11) is 1.66. The van der Waals surface area contributed by atoms with Crippen molar-refractivity contribution in [3.63, 3.8) is 0 Å². The number of nitrogens with zero attached hydrogens (tertiary/aromatic N) is 1. The van der Waals surface area contributed by atoms with Crippen molar-refractivity contribution in [3.05, 3.63) is 59.7 Å². The van der Waals surface area contributed by atoms with Gasteiger partial charge in [0, 0.05) is 19.3 Å². The van der Waals surface area contributed by atoms with Crippen LogP contribution in [0.2, 0.25) is 0 Å². The molecule has 3 rings (SSSR count). The van der Waals surface area contributed by atoms with E-state index in [1.165, 1.54) is 0 Å². The molecule has 156 valence electrons. The van der Waals surface area contributed by atoms with Crippen LogP contribution in [0, 0.1) is 5.92 Å². The van der Waals surface area contributed by atoms with Crippen LogP contribution in [0.5, 0.6) is 5.75 Å². The molecule has 1 amide bonds. The third-order valence-electron chi connectivity index (χ3n) is 5.53. The molecule has 2 aromatic rings. The topological polar surface area (TPSA) is 50.8 Å². The maximum atomic E-state index is 13.3. The quantitative estimate of drug-likeness (QED) is 0.656. The summed E-state index contributed by atoms with van der Waals surface area (Å²) in [6, 6.07) is 15.8. The molecule has 0 saturated carbocycles. The number of benzene rings is 2. The Balaban J connectivity index is 1.93. The summed E-state index contributed by atoms with van der Waals surface area (Å²) in [5.74, 6) is 1.49. The summed E-state index contributed by atoms with van der Waals surface area (Å²) in [6.07, 6.45) is 1.75. The monoisotopic (exact) mass is 396 g/mol. The van der Waals surface area contributed by atoms with Crippen LogP contribution >= 0.6 is 0 Å². The van der Waals surface area contributed by atoms with Gasteiger partial charge in [0.2, 0.25) is 0 Å². The van der Waals surface area contributed by atoms with Crippen molar-refractivity contribution in [2.24, 2.45) is 5.92 Å². The van der Waals surface area contributed by atoms with E-state index in [2.05, 4.69) is 38.2 Å². The molecule has 0 aromatic heterocycles. The number of hydrogen-bond donors (Lipinski definition) is 1. The number of ether oxygens (including phenoxy) is 2. The maximum Gasteiger partial charge on any atom is 0.258 e. The largest absolute Gasteiger partial charge is 0.494 e. The van der Waals surface area contributed by atoms with Gasteiger partial charge in [-0.15, -0.1) is 0 Å². The van der Waals surface area contributed by atoms with Crippen LogP contribution in [0.3, 0.4) is 0 Å². The van der Waals surface area contributed by atoms with Crippen LogP contribution < -0.4 is 10.1 Å². The highest BCUT2D eigenvalue weighted by Gasteiger charge is 2.44. The summed E-state index contributed by atoms with van der Waals surface area (Å²) in [4.78, 5) is 15.2. The fraction of sp³-hybridized carbons (Fsp3) is 0.458. The van der Waals surface area contributed by atoms with Gasteiger partial charge >= 0.3 is 0 Å². The fourth-order valence-electron chi connectivity index (χ4n) is 3.81. The van der Waals surface area contributed by atoms with Crippen molar-refractivity contribution < 1.29 is 14.3 Å². The van der Waals surface area contributed by atoms with Crippen molar-refractivity contribution in [1.29, 1.82) is 0 Å². The van der Waals surface area contributed by atoms with Crippen molar-refractivity contribution in [1.82, 2.24) is 4.90 Å². The predicted octanol–water partition coefficient (Wildman–Crippen LogP) is 4.89. The number of fused-ring (bicyclic) bond motifs is 1. The van der Waals surface area contributed by atoms with E-state index in [0.717, 1.165) is 29.8 Å². The molecule has 1 aliphatic heterocycles. The Kier molecular flexibility index (Phi) is 6.80. The summed E-state index contributed by atoms with van der Waals surface area (Å²) in [5, 5.41) is 3.65. The SMILES string of the molecule is CCC1(c2ccc(OCCC(C)C)cc2)Nc2ccccc2C(=O)N1CCOC. The number of anilines is 1. The maximum absolute atomic E-state index is 13.3. The van der Waals surface area contributed by atoms with Crippen LogP contribution in [0.25, 0.3) is 0 Å². The first-order valence-electron chi connectivity index (χ1n) is 10.4. The highest BCUT2D eigenvalue weighted by Crippen LogP contribution is 2.40. The van der Waals surface area contributed by atoms with Crippen molar-refractivity contribution in [2.75, 3.05) is 32.2 Å². The van der Waals surface area contributed by atoms with E-state index in [4.69, 9.17) is 9.47 Å². The average Bonchev–Trinajstić information content (AvgIpc) is 2.73. The molecule has 1 N–H and O–H groups in total. The molecule has 0 fully saturated rings. The lowest BCUT2D eigenvalue weighted by Gasteiger charge is -2.48. The number of methoxy groups -OCH3 is 1. The fourth-order valence-corrected chi connectivity index (χ4v) is 3.81. The van der Waals surface area contributed by atoms with Crippen molar-refractivity contribution in [3.8, 4) is 5.75 Å². The Labute approximate surface area is 174 Å². The third kappa shape index (κ3) is 4.40. The van der Waals surface area contributed by atoms with Gasteiger partial charge in [-0.3, -0.25) is 4.79 Å². The van der Waals surface area contributed by atoms with E-state index in [1.54, 1.807) is 7.11 Å². The Morgan fingerprint density at radius 3 is 2.45 bits per heavy atom. The van der Waals surface area contributed by atoms with Gasteiger partial charge in [-0.25, -0.2) is 0 Å². The normalized spacial score (nSPS) is 18.5. The first-order chi connectivity index (χ1) is 14.0. The molecular formula is C24H32N2O3. The molecule has 2 aromatic carbocycles. The smallest absolute Gasteiger partial charge is 0.258 e. The second-order valence-corrected chi connectivity index (χ2v) is 7.89. The Morgan fingerprint density at radius 1 is 1.07 bits per heavy atom. The summed E-state index contributed by atoms with van der Waals surface area (Å²) in [6.45, 7) is 8.18. The van der Waals surface area contributed by atoms with Gasteiger partial charge in [0.1, 0.15) is 11.4 Å². The highest BCUT2D eigenvalue weighted by molar-refractivity contribution is 6.02. The van der Waals surface area contributed by atoms with Crippen LogP contribution in [-0.4, -0.2) is 37.7 Å². The van der Waals surface area contributed by atoms with Gasteiger partial charge in [0.05, 0.1) is 18.8 Å². The van der Waals surface area contributed by atoms with E-state index in [0.29, 0.717) is 31.2 Å². The van der Waals surface area contributed by atoms with Gasteiger partial charge in [0.15, 0.2) is 0 Å². The molecule has 5 nitrogen and oxygen atoms in total. The van der Waals surface area contributed by atoms with E-state index in [1.807, 2.05) is 41.3 Å². The number of carbonyl (C=O) groups is 1. The second-order valence-electron chi connectivity index (χ2n) is 7.89. The van der Waals surface area contributed by atoms with Crippen molar-refractivity contribution in [2.45, 2.75) is 39.3 Å². The zero-order chi connectivity index (χ0) is 20.9. The number of hydrogen-bond acceptors (Lipinski definition) is 4. The van der Waals surface area contributed by atoms with Gasteiger partial charge in [0.25, 0.3) is 5.91 Å². The minimum atomic E-state index is -0.625. The number of rotatable bonds is 9. The lowest BCUT2D eigenvalue weighted by atomic mass is 9.89. The van der Waals surface area contributed by atoms with Crippen LogP contribution in [0.4, 0.5) is 5.69 Å². The molecule has 0 aliphatic carbocycles. The number of nitrogens with one attached hydrogen (secondary N) is 1. The molecule has 0 saturated heterocycles. The Hall–Kier alpha value is -2.53. The standard InChI is InChI=1S/C24H32N2O3/c1-5-24(19-10-12-20(13-11-19)29-16-14-18(2)3)25-22-9-7-6-8-21(22)23(27)26(24)15-17-28-4/h6-13,18,25H,5,14-17H2,1-4H3. The average molecular weight is 397 g/mol. The van der Waals surface area contributed by atoms with E-state index < -0.39 is 5.66 Å². The van der Waals surface area contributed by atoms with Gasteiger partial charge in [-0.05, 0) is 48.6 Å². The molecule has 1 heterocycles. The van der Waals surface area contributed by atoms with Crippen LogP contribution in [-0.2, 0) is 10.4 Å². The first kappa shape index (κ1) is 21.2. The highest BCUT2D eigenvalue weighted by atomic mass is 16.5. The minimum Gasteiger partial charge on any atom is -0.494 e. The lowest BCUT2D eigenvalue weighted by molar-refractivity contribution is 0.0381. The number of carbonyl (C=O) groups excluding carboxylic acids is 1. The third-order valence-corrected chi connectivity index (χ3v) is 5.53. The molecule has 5 heteroatoms. The Bertz CT molecular complexity index is 819. The number of para-hydroxylation sites is 1. The summed E-state index contributed by atoms with van der Waals surface area (Å²) < 4.78 is 11.2. The molecule has 0 spiro atoms. The van der Waals surface area contributed by atoms with Crippen molar-refractivity contribution >= 4 is 11.6 Å². The van der Waals surface area contributed by atoms with Crippen LogP contribution in [0.15, 0.2) is 48.5 Å². The Morgan fingerprint density at radius 2 is 1.79 bits per heavy atom. The first-order valence-corrected chi connectivity index (χ1v) is 10.4. The molecule has 29 heavy (non-hydrogen) atoms. The van der Waals surface area contributed by atoms with E-state index >= 15 is 0 Å². The van der Waals surface area contributed by atoms with Crippen LogP contribution in [0.1, 0.15) is 49.5 Å². The van der Waals surface area contributed by atoms with Gasteiger partial charge < -0.3 is 19.7 Å². The molecule has 0 radical (unpaired) electrons. The zero-order valence-corrected chi connectivity index (χ0v) is 17.9. The zero-order valence-electron chi connectivity index (χ0n) is 17.9. The molecule has 1 atom stereocenters. The van der Waals surface area contributed by atoms with E-state index in [9.17, 15) is 4.79 Å². The number of amides is 1. The lowest BCUT2D eigenvalue weighted by Crippen LogP contribution is -2.58. The predicted molar refractivity (Wildman–Crippen MR) is 116 cm³/mol. The molecule has 1 aliphatic rings. The summed E-state index contributed by atoms with van der Waals surface area (Å²) in [5.41, 5.74) is 1.97. The second kappa shape index (κ2) is 9.31. The minimum absolute atomic E-state index is 0.0236. The van der Waals surface area contributed by atoms with Gasteiger partial charge in [-0.1, -0.05) is 45.0 Å².